The standard InChI is InChI=1S/C13H20N4O2/c1-13(2)11(9-3-4-19-12(9)13)16-8-5-15-17(6-8)7-10(14)18/h5-6,9,11-12,16H,3-4,7H2,1-2H3,(H2,14,18). The Morgan fingerprint density at radius 2 is 2.47 bits per heavy atom. The van der Waals surface area contributed by atoms with Gasteiger partial charge in [-0.05, 0) is 6.42 Å². The zero-order valence-electron chi connectivity index (χ0n) is 11.3. The zero-order valence-corrected chi connectivity index (χ0v) is 11.3. The van der Waals surface area contributed by atoms with Gasteiger partial charge in [-0.25, -0.2) is 0 Å². The van der Waals surface area contributed by atoms with Crippen molar-refractivity contribution in [1.82, 2.24) is 9.78 Å². The van der Waals surface area contributed by atoms with Crippen molar-refractivity contribution >= 4 is 11.6 Å². The van der Waals surface area contributed by atoms with Gasteiger partial charge in [0, 0.05) is 30.2 Å². The summed E-state index contributed by atoms with van der Waals surface area (Å²) < 4.78 is 7.33. The first-order valence-corrected chi connectivity index (χ1v) is 6.67. The molecule has 6 nitrogen and oxygen atoms in total. The zero-order chi connectivity index (χ0) is 13.6. The van der Waals surface area contributed by atoms with Crippen LogP contribution in [0.2, 0.25) is 0 Å². The lowest BCUT2D eigenvalue weighted by Crippen LogP contribution is -2.63. The maximum absolute atomic E-state index is 10.8. The predicted molar refractivity (Wildman–Crippen MR) is 70.5 cm³/mol. The first-order valence-electron chi connectivity index (χ1n) is 6.67. The summed E-state index contributed by atoms with van der Waals surface area (Å²) in [7, 11) is 0. The number of amides is 1. The van der Waals surface area contributed by atoms with E-state index in [2.05, 4.69) is 24.3 Å². The number of nitrogens with two attached hydrogens (primary N) is 1. The topological polar surface area (TPSA) is 82.2 Å². The Labute approximate surface area is 112 Å². The molecular weight excluding hydrogens is 244 g/mol. The van der Waals surface area contributed by atoms with E-state index in [1.165, 1.54) is 0 Å². The summed E-state index contributed by atoms with van der Waals surface area (Å²) in [6, 6.07) is 0.395. The molecule has 1 saturated heterocycles. The third kappa shape index (κ3) is 2.00. The van der Waals surface area contributed by atoms with Crippen LogP contribution in [0.1, 0.15) is 20.3 Å². The number of nitrogens with zero attached hydrogens (tertiary/aromatic N) is 2. The predicted octanol–water partition coefficient (Wildman–Crippen LogP) is 0.594. The van der Waals surface area contributed by atoms with Gasteiger partial charge >= 0.3 is 0 Å². The largest absolute Gasteiger partial charge is 0.379 e. The van der Waals surface area contributed by atoms with Gasteiger partial charge in [0.15, 0.2) is 0 Å². The first kappa shape index (κ1) is 12.5. The summed E-state index contributed by atoms with van der Waals surface area (Å²) in [5, 5.41) is 7.64. The molecule has 1 saturated carbocycles. The summed E-state index contributed by atoms with van der Waals surface area (Å²) in [6.07, 6.45) is 5.04. The van der Waals surface area contributed by atoms with Gasteiger partial charge in [-0.3, -0.25) is 9.48 Å². The van der Waals surface area contributed by atoms with E-state index in [1.54, 1.807) is 10.9 Å². The van der Waals surface area contributed by atoms with Gasteiger partial charge in [-0.1, -0.05) is 13.8 Å². The number of rotatable bonds is 4. The molecule has 1 aliphatic heterocycles. The smallest absolute Gasteiger partial charge is 0.239 e. The number of ether oxygens (including phenoxy) is 1. The van der Waals surface area contributed by atoms with Crippen molar-refractivity contribution in [3.63, 3.8) is 0 Å². The number of fused-ring (bicyclic) bond motifs is 1. The molecule has 3 N–H and O–H groups in total. The molecule has 19 heavy (non-hydrogen) atoms. The average molecular weight is 264 g/mol. The Kier molecular flexibility index (Phi) is 2.78. The quantitative estimate of drug-likeness (QED) is 0.834. The lowest BCUT2D eigenvalue weighted by Gasteiger charge is -2.54. The SMILES string of the molecule is CC1(C)C(Nc2cnn(CC(N)=O)c2)C2CCOC21. The number of hydrogen-bond donors (Lipinski definition) is 2. The Morgan fingerprint density at radius 3 is 3.21 bits per heavy atom. The fraction of sp³-hybridized carbons (Fsp3) is 0.692. The summed E-state index contributed by atoms with van der Waals surface area (Å²) in [6.45, 7) is 5.43. The monoisotopic (exact) mass is 264 g/mol. The molecule has 3 atom stereocenters. The summed E-state index contributed by atoms with van der Waals surface area (Å²) in [5.41, 5.74) is 6.22. The Bertz CT molecular complexity index is 497. The molecule has 0 bridgehead atoms. The van der Waals surface area contributed by atoms with E-state index >= 15 is 0 Å². The van der Waals surface area contributed by atoms with Crippen LogP contribution in [-0.2, 0) is 16.1 Å². The van der Waals surface area contributed by atoms with Crippen molar-refractivity contribution in [2.24, 2.45) is 17.1 Å². The second-order valence-electron chi connectivity index (χ2n) is 6.08. The highest BCUT2D eigenvalue weighted by Gasteiger charge is 2.59. The van der Waals surface area contributed by atoms with Crippen LogP contribution in [0.3, 0.4) is 0 Å². The number of aromatic nitrogens is 2. The van der Waals surface area contributed by atoms with Gasteiger partial charge < -0.3 is 15.8 Å². The number of anilines is 1. The van der Waals surface area contributed by atoms with Gasteiger partial charge in [0.25, 0.3) is 0 Å². The number of carbonyl (C=O) groups is 1. The summed E-state index contributed by atoms with van der Waals surface area (Å²) >= 11 is 0. The van der Waals surface area contributed by atoms with Crippen LogP contribution in [0.5, 0.6) is 0 Å². The fourth-order valence-corrected chi connectivity index (χ4v) is 3.48. The molecule has 0 aromatic carbocycles. The van der Waals surface area contributed by atoms with Crippen LogP contribution < -0.4 is 11.1 Å². The third-order valence-corrected chi connectivity index (χ3v) is 4.37. The highest BCUT2D eigenvalue weighted by atomic mass is 16.5. The maximum Gasteiger partial charge on any atom is 0.239 e. The normalized spacial score (nSPS) is 31.6. The molecule has 2 heterocycles. The molecule has 3 unspecified atom stereocenters. The highest BCUT2D eigenvalue weighted by Crippen LogP contribution is 2.53. The second-order valence-corrected chi connectivity index (χ2v) is 6.08. The minimum atomic E-state index is -0.386. The minimum absolute atomic E-state index is 0.116. The lowest BCUT2D eigenvalue weighted by atomic mass is 9.57. The lowest BCUT2D eigenvalue weighted by molar-refractivity contribution is -0.118. The van der Waals surface area contributed by atoms with E-state index in [0.29, 0.717) is 18.1 Å². The minimum Gasteiger partial charge on any atom is -0.379 e. The number of primary amides is 1. The van der Waals surface area contributed by atoms with Crippen LogP contribution in [-0.4, -0.2) is 34.4 Å². The average Bonchev–Trinajstić information content (AvgIpc) is 2.92. The van der Waals surface area contributed by atoms with Crippen molar-refractivity contribution in [2.75, 3.05) is 11.9 Å². The van der Waals surface area contributed by atoms with Gasteiger partial charge in [0.2, 0.25) is 5.91 Å². The molecule has 1 aromatic rings. The van der Waals surface area contributed by atoms with Gasteiger partial charge in [-0.15, -0.1) is 0 Å². The summed E-state index contributed by atoms with van der Waals surface area (Å²) in [4.78, 5) is 10.8. The van der Waals surface area contributed by atoms with E-state index in [9.17, 15) is 4.79 Å². The van der Waals surface area contributed by atoms with Crippen molar-refractivity contribution in [2.45, 2.75) is 39.0 Å². The third-order valence-electron chi connectivity index (χ3n) is 4.37. The Balaban J connectivity index is 1.68. The molecule has 1 aliphatic carbocycles. The molecule has 2 fully saturated rings. The van der Waals surface area contributed by atoms with Gasteiger partial charge in [0.1, 0.15) is 6.54 Å². The molecule has 1 aromatic heterocycles. The molecule has 1 amide bonds. The van der Waals surface area contributed by atoms with Gasteiger partial charge in [-0.2, -0.15) is 5.10 Å². The van der Waals surface area contributed by atoms with E-state index in [4.69, 9.17) is 10.5 Å². The molecular formula is C13H20N4O2. The van der Waals surface area contributed by atoms with Crippen LogP contribution in [0.4, 0.5) is 5.69 Å². The molecule has 104 valence electrons. The number of hydrogen-bond acceptors (Lipinski definition) is 4. The van der Waals surface area contributed by atoms with Gasteiger partial charge in [0.05, 0.1) is 18.0 Å². The van der Waals surface area contributed by atoms with E-state index in [-0.39, 0.29) is 17.9 Å². The Morgan fingerprint density at radius 1 is 1.68 bits per heavy atom. The van der Waals surface area contributed by atoms with Crippen molar-refractivity contribution < 1.29 is 9.53 Å². The number of nitrogens with one attached hydrogen (secondary N) is 1. The van der Waals surface area contributed by atoms with Crippen LogP contribution in [0.25, 0.3) is 0 Å². The maximum atomic E-state index is 10.8. The van der Waals surface area contributed by atoms with Crippen molar-refractivity contribution in [3.05, 3.63) is 12.4 Å². The number of carbonyl (C=O) groups excluding carboxylic acids is 1. The molecule has 2 aliphatic rings. The summed E-state index contributed by atoms with van der Waals surface area (Å²) in [5.74, 6) is 0.192. The first-order chi connectivity index (χ1) is 8.98. The fourth-order valence-electron chi connectivity index (χ4n) is 3.48. The van der Waals surface area contributed by atoms with Crippen molar-refractivity contribution in [1.29, 1.82) is 0 Å². The molecule has 3 rings (SSSR count). The van der Waals surface area contributed by atoms with E-state index in [1.807, 2.05) is 6.20 Å². The highest BCUT2D eigenvalue weighted by molar-refractivity contribution is 5.73. The molecule has 0 radical (unpaired) electrons. The molecule has 6 heteroatoms. The van der Waals surface area contributed by atoms with Crippen molar-refractivity contribution in [3.8, 4) is 0 Å². The second kappa shape index (κ2) is 4.23. The van der Waals surface area contributed by atoms with E-state index < -0.39 is 0 Å². The van der Waals surface area contributed by atoms with Crippen LogP contribution in [0, 0.1) is 11.3 Å². The molecule has 0 spiro atoms. The Hall–Kier alpha value is -1.56. The van der Waals surface area contributed by atoms with Crippen LogP contribution in [0.15, 0.2) is 12.4 Å². The van der Waals surface area contributed by atoms with Crippen LogP contribution >= 0.6 is 0 Å². The van der Waals surface area contributed by atoms with E-state index in [0.717, 1.165) is 18.7 Å².